The molecule has 3 nitrogen and oxygen atoms in total. The third kappa shape index (κ3) is 2.78. The second-order valence-electron chi connectivity index (χ2n) is 6.46. The van der Waals surface area contributed by atoms with Crippen LogP contribution in [0.2, 0.25) is 0 Å². The third-order valence-corrected chi connectivity index (χ3v) is 4.89. The van der Waals surface area contributed by atoms with Crippen LogP contribution in [0, 0.1) is 12.8 Å². The van der Waals surface area contributed by atoms with Crippen LogP contribution in [0.4, 0.5) is 11.4 Å². The Bertz CT molecular complexity index is 542. The number of hydrogen-bond donors (Lipinski definition) is 1. The molecule has 2 N–H and O–H groups in total. The van der Waals surface area contributed by atoms with Crippen LogP contribution in [0.25, 0.3) is 0 Å². The lowest BCUT2D eigenvalue weighted by molar-refractivity contribution is 0.719. The molecule has 3 rings (SSSR count). The van der Waals surface area contributed by atoms with Gasteiger partial charge in [-0.1, -0.05) is 26.2 Å². The van der Waals surface area contributed by atoms with Gasteiger partial charge < -0.3 is 10.6 Å². The molecule has 3 heteroatoms. The summed E-state index contributed by atoms with van der Waals surface area (Å²) in [4.78, 5) is 7.18. The highest BCUT2D eigenvalue weighted by Crippen LogP contribution is 2.34. The molecular formula is C18H27N3. The largest absolute Gasteiger partial charge is 0.397 e. The molecule has 0 amide bonds. The molecular weight excluding hydrogens is 258 g/mol. The molecule has 1 heterocycles. The molecule has 0 unspecified atom stereocenters. The minimum absolute atomic E-state index is 0.655. The van der Waals surface area contributed by atoms with E-state index in [-0.39, 0.29) is 0 Å². The molecule has 21 heavy (non-hydrogen) atoms. The molecule has 0 spiro atoms. The Kier molecular flexibility index (Phi) is 4.18. The Balaban J connectivity index is 1.89. The van der Waals surface area contributed by atoms with Crippen molar-refractivity contribution >= 4 is 17.2 Å². The zero-order valence-corrected chi connectivity index (χ0v) is 13.4. The van der Waals surface area contributed by atoms with Crippen molar-refractivity contribution in [1.82, 2.24) is 0 Å². The predicted octanol–water partition coefficient (Wildman–Crippen LogP) is 3.94. The molecule has 1 saturated carbocycles. The van der Waals surface area contributed by atoms with Crippen LogP contribution in [0.3, 0.4) is 0 Å². The van der Waals surface area contributed by atoms with E-state index in [2.05, 4.69) is 30.9 Å². The van der Waals surface area contributed by atoms with Crippen LogP contribution in [-0.4, -0.2) is 18.9 Å². The molecule has 1 aromatic rings. The van der Waals surface area contributed by atoms with Gasteiger partial charge in [-0.25, -0.2) is 0 Å². The molecule has 2 aliphatic rings. The fourth-order valence-electron chi connectivity index (χ4n) is 3.77. The van der Waals surface area contributed by atoms with Gasteiger partial charge in [0.25, 0.3) is 0 Å². The maximum Gasteiger partial charge on any atom is 0.107 e. The molecule has 0 atom stereocenters. The van der Waals surface area contributed by atoms with Gasteiger partial charge in [0.15, 0.2) is 0 Å². The summed E-state index contributed by atoms with van der Waals surface area (Å²) in [5, 5.41) is 0. The molecule has 1 aliphatic heterocycles. The second-order valence-corrected chi connectivity index (χ2v) is 6.46. The van der Waals surface area contributed by atoms with Gasteiger partial charge in [0, 0.05) is 12.5 Å². The zero-order valence-electron chi connectivity index (χ0n) is 13.4. The lowest BCUT2D eigenvalue weighted by atomic mass is 10.0. The van der Waals surface area contributed by atoms with Gasteiger partial charge in [-0.15, -0.1) is 0 Å². The number of benzene rings is 1. The Hall–Kier alpha value is -1.51. The van der Waals surface area contributed by atoms with Crippen molar-refractivity contribution in [3.05, 3.63) is 23.3 Å². The first kappa shape index (κ1) is 14.4. The van der Waals surface area contributed by atoms with Crippen molar-refractivity contribution in [3.63, 3.8) is 0 Å². The first-order chi connectivity index (χ1) is 10.2. The van der Waals surface area contributed by atoms with Crippen LogP contribution in [0.5, 0.6) is 0 Å². The van der Waals surface area contributed by atoms with E-state index in [9.17, 15) is 0 Å². The van der Waals surface area contributed by atoms with Crippen molar-refractivity contribution < 1.29 is 0 Å². The summed E-state index contributed by atoms with van der Waals surface area (Å²) in [6.07, 6.45) is 7.56. The van der Waals surface area contributed by atoms with Crippen molar-refractivity contribution in [1.29, 1.82) is 0 Å². The molecule has 1 fully saturated rings. The Morgan fingerprint density at radius 2 is 2.05 bits per heavy atom. The monoisotopic (exact) mass is 285 g/mol. The van der Waals surface area contributed by atoms with Crippen molar-refractivity contribution in [3.8, 4) is 0 Å². The first-order valence-electron chi connectivity index (χ1n) is 8.41. The number of nitrogen functional groups attached to an aromatic ring is 1. The molecule has 1 aliphatic carbocycles. The van der Waals surface area contributed by atoms with Crippen LogP contribution in [0.15, 0.2) is 17.1 Å². The summed E-state index contributed by atoms with van der Waals surface area (Å²) >= 11 is 0. The van der Waals surface area contributed by atoms with E-state index in [0.717, 1.165) is 31.6 Å². The van der Waals surface area contributed by atoms with E-state index in [1.54, 1.807) is 0 Å². The fourth-order valence-corrected chi connectivity index (χ4v) is 3.77. The summed E-state index contributed by atoms with van der Waals surface area (Å²) in [5.41, 5.74) is 11.2. The summed E-state index contributed by atoms with van der Waals surface area (Å²) in [5.74, 6) is 1.95. The van der Waals surface area contributed by atoms with Gasteiger partial charge in [-0.05, 0) is 49.4 Å². The number of rotatable bonds is 4. The zero-order chi connectivity index (χ0) is 14.8. The highest BCUT2D eigenvalue weighted by Gasteiger charge is 2.29. The Morgan fingerprint density at radius 3 is 2.76 bits per heavy atom. The SMILES string of the molecule is CCCc1cc(N)c(N2CCN=C2C2CCCC2)cc1C. The van der Waals surface area contributed by atoms with Gasteiger partial charge in [-0.2, -0.15) is 0 Å². The summed E-state index contributed by atoms with van der Waals surface area (Å²) in [6, 6.07) is 4.45. The van der Waals surface area contributed by atoms with Gasteiger partial charge in [0.1, 0.15) is 5.84 Å². The lowest BCUT2D eigenvalue weighted by Gasteiger charge is -2.26. The average Bonchev–Trinajstić information content (AvgIpc) is 3.12. The van der Waals surface area contributed by atoms with Crippen LogP contribution in [-0.2, 0) is 6.42 Å². The number of hydrogen-bond acceptors (Lipinski definition) is 3. The standard InChI is InChI=1S/C18H27N3/c1-3-6-15-12-16(19)17(11-13(15)2)21-10-9-20-18(21)14-7-4-5-8-14/h11-12,14H,3-10,19H2,1-2H3. The number of aliphatic imine (C=N–C) groups is 1. The number of amidine groups is 1. The Labute approximate surface area is 128 Å². The number of aryl methyl sites for hydroxylation is 2. The van der Waals surface area contributed by atoms with Crippen LogP contribution in [0.1, 0.15) is 50.2 Å². The van der Waals surface area contributed by atoms with Gasteiger partial charge >= 0.3 is 0 Å². The van der Waals surface area contributed by atoms with Gasteiger partial charge in [0.05, 0.1) is 17.9 Å². The second kappa shape index (κ2) is 6.08. The quantitative estimate of drug-likeness (QED) is 0.851. The normalized spacial score (nSPS) is 19.3. The molecule has 114 valence electrons. The van der Waals surface area contributed by atoms with E-state index >= 15 is 0 Å². The molecule has 0 saturated heterocycles. The number of nitrogens with two attached hydrogens (primary N) is 1. The molecule has 1 aromatic carbocycles. The highest BCUT2D eigenvalue weighted by molar-refractivity contribution is 6.03. The van der Waals surface area contributed by atoms with E-state index in [1.165, 1.54) is 48.3 Å². The maximum atomic E-state index is 6.36. The molecule has 0 radical (unpaired) electrons. The maximum absolute atomic E-state index is 6.36. The first-order valence-corrected chi connectivity index (χ1v) is 8.41. The Morgan fingerprint density at radius 1 is 1.29 bits per heavy atom. The van der Waals surface area contributed by atoms with Crippen molar-refractivity contribution in [2.75, 3.05) is 23.7 Å². The lowest BCUT2D eigenvalue weighted by Crippen LogP contribution is -2.32. The van der Waals surface area contributed by atoms with E-state index in [0.29, 0.717) is 5.92 Å². The number of anilines is 2. The summed E-state index contributed by atoms with van der Waals surface area (Å²) < 4.78 is 0. The van der Waals surface area contributed by atoms with Crippen molar-refractivity contribution in [2.45, 2.75) is 52.4 Å². The van der Waals surface area contributed by atoms with Crippen molar-refractivity contribution in [2.24, 2.45) is 10.9 Å². The third-order valence-electron chi connectivity index (χ3n) is 4.89. The summed E-state index contributed by atoms with van der Waals surface area (Å²) in [6.45, 7) is 6.33. The summed E-state index contributed by atoms with van der Waals surface area (Å²) in [7, 11) is 0. The predicted molar refractivity (Wildman–Crippen MR) is 91.2 cm³/mol. The average molecular weight is 285 g/mol. The van der Waals surface area contributed by atoms with Crippen LogP contribution >= 0.6 is 0 Å². The topological polar surface area (TPSA) is 41.6 Å². The minimum Gasteiger partial charge on any atom is -0.397 e. The smallest absolute Gasteiger partial charge is 0.107 e. The van der Waals surface area contributed by atoms with E-state index < -0.39 is 0 Å². The van der Waals surface area contributed by atoms with E-state index in [4.69, 9.17) is 10.7 Å². The highest BCUT2D eigenvalue weighted by atomic mass is 15.3. The van der Waals surface area contributed by atoms with E-state index in [1.807, 2.05) is 0 Å². The minimum atomic E-state index is 0.655. The van der Waals surface area contributed by atoms with Gasteiger partial charge in [-0.3, -0.25) is 4.99 Å². The fraction of sp³-hybridized carbons (Fsp3) is 0.611. The number of nitrogens with zero attached hydrogens (tertiary/aromatic N) is 2. The molecule has 0 bridgehead atoms. The van der Waals surface area contributed by atoms with Crippen LogP contribution < -0.4 is 10.6 Å². The van der Waals surface area contributed by atoms with Gasteiger partial charge in [0.2, 0.25) is 0 Å². The molecule has 0 aromatic heterocycles.